The first-order valence-corrected chi connectivity index (χ1v) is 6.25. The van der Waals surface area contributed by atoms with Gasteiger partial charge in [0.05, 0.1) is 11.9 Å². The van der Waals surface area contributed by atoms with E-state index in [-0.39, 0.29) is 0 Å². The fourth-order valence-corrected chi connectivity index (χ4v) is 1.98. The molecule has 6 nitrogen and oxygen atoms in total. The monoisotopic (exact) mass is 256 g/mol. The summed E-state index contributed by atoms with van der Waals surface area (Å²) in [6.45, 7) is 6.23. The Morgan fingerprint density at radius 1 is 1.21 bits per heavy atom. The first kappa shape index (κ1) is 11.7. The van der Waals surface area contributed by atoms with E-state index in [2.05, 4.69) is 34.3 Å². The van der Waals surface area contributed by atoms with Crippen molar-refractivity contribution in [3.05, 3.63) is 36.4 Å². The number of nitrogens with one attached hydrogen (secondary N) is 1. The number of hydrogen-bond acceptors (Lipinski definition) is 4. The van der Waals surface area contributed by atoms with Gasteiger partial charge in [0.15, 0.2) is 5.65 Å². The number of aromatic nitrogens is 5. The van der Waals surface area contributed by atoms with E-state index in [9.17, 15) is 0 Å². The SMILES string of the molecule is Cc1cc(Nc2cnn(C(C)C)c2)n2ncnc2c1. The van der Waals surface area contributed by atoms with Crippen molar-refractivity contribution in [3.63, 3.8) is 0 Å². The van der Waals surface area contributed by atoms with E-state index in [1.165, 1.54) is 0 Å². The number of anilines is 2. The molecule has 0 aliphatic heterocycles. The minimum atomic E-state index is 0.347. The summed E-state index contributed by atoms with van der Waals surface area (Å²) in [7, 11) is 0. The maximum atomic E-state index is 4.31. The molecule has 0 spiro atoms. The number of nitrogens with zero attached hydrogens (tertiary/aromatic N) is 5. The molecule has 0 radical (unpaired) electrons. The minimum Gasteiger partial charge on any atom is -0.338 e. The number of pyridine rings is 1. The summed E-state index contributed by atoms with van der Waals surface area (Å²) in [5, 5.41) is 11.9. The van der Waals surface area contributed by atoms with Crippen molar-refractivity contribution in [1.82, 2.24) is 24.4 Å². The van der Waals surface area contributed by atoms with Crippen molar-refractivity contribution in [2.24, 2.45) is 0 Å². The molecule has 3 aromatic rings. The Labute approximate surface area is 111 Å². The third-order valence-corrected chi connectivity index (χ3v) is 2.93. The van der Waals surface area contributed by atoms with E-state index in [1.54, 1.807) is 10.8 Å². The van der Waals surface area contributed by atoms with Gasteiger partial charge in [-0.25, -0.2) is 4.98 Å². The van der Waals surface area contributed by atoms with Gasteiger partial charge in [-0.1, -0.05) is 0 Å². The van der Waals surface area contributed by atoms with E-state index in [0.717, 1.165) is 22.7 Å². The number of rotatable bonds is 3. The summed E-state index contributed by atoms with van der Waals surface area (Å²) >= 11 is 0. The lowest BCUT2D eigenvalue weighted by Crippen LogP contribution is -2.01. The molecule has 0 fully saturated rings. The molecule has 98 valence electrons. The molecule has 3 aromatic heterocycles. The Balaban J connectivity index is 1.97. The summed E-state index contributed by atoms with van der Waals surface area (Å²) in [5.41, 5.74) is 2.91. The zero-order chi connectivity index (χ0) is 13.4. The molecule has 0 aliphatic carbocycles. The van der Waals surface area contributed by atoms with Crippen LogP contribution in [0.3, 0.4) is 0 Å². The average Bonchev–Trinajstić information content (AvgIpc) is 2.96. The molecule has 0 amide bonds. The zero-order valence-corrected chi connectivity index (χ0v) is 11.2. The van der Waals surface area contributed by atoms with E-state index < -0.39 is 0 Å². The first-order chi connectivity index (χ1) is 9.13. The lowest BCUT2D eigenvalue weighted by Gasteiger charge is -2.07. The highest BCUT2D eigenvalue weighted by atomic mass is 15.3. The van der Waals surface area contributed by atoms with Crippen LogP contribution in [0, 0.1) is 6.92 Å². The van der Waals surface area contributed by atoms with Gasteiger partial charge in [-0.15, -0.1) is 0 Å². The van der Waals surface area contributed by atoms with Crippen LogP contribution in [0.2, 0.25) is 0 Å². The van der Waals surface area contributed by atoms with Crippen LogP contribution in [-0.4, -0.2) is 24.4 Å². The quantitative estimate of drug-likeness (QED) is 0.782. The molecule has 0 aromatic carbocycles. The van der Waals surface area contributed by atoms with E-state index >= 15 is 0 Å². The molecular weight excluding hydrogens is 240 g/mol. The molecule has 19 heavy (non-hydrogen) atoms. The summed E-state index contributed by atoms with van der Waals surface area (Å²) in [6, 6.07) is 4.38. The third-order valence-electron chi connectivity index (χ3n) is 2.93. The first-order valence-electron chi connectivity index (χ1n) is 6.25. The molecule has 0 bridgehead atoms. The van der Waals surface area contributed by atoms with Crippen molar-refractivity contribution >= 4 is 17.2 Å². The van der Waals surface area contributed by atoms with E-state index in [4.69, 9.17) is 0 Å². The summed E-state index contributed by atoms with van der Waals surface area (Å²) in [6.07, 6.45) is 5.35. The predicted molar refractivity (Wildman–Crippen MR) is 73.6 cm³/mol. The predicted octanol–water partition coefficient (Wildman–Crippen LogP) is 2.56. The maximum Gasteiger partial charge on any atom is 0.157 e. The average molecular weight is 256 g/mol. The Hall–Kier alpha value is -2.37. The van der Waals surface area contributed by atoms with Crippen LogP contribution in [0.1, 0.15) is 25.5 Å². The van der Waals surface area contributed by atoms with Crippen LogP contribution >= 0.6 is 0 Å². The van der Waals surface area contributed by atoms with Crippen LogP contribution in [0.5, 0.6) is 0 Å². The molecule has 0 atom stereocenters. The maximum absolute atomic E-state index is 4.31. The Kier molecular flexibility index (Phi) is 2.70. The second-order valence-corrected chi connectivity index (χ2v) is 4.88. The van der Waals surface area contributed by atoms with Gasteiger partial charge in [0.1, 0.15) is 12.1 Å². The van der Waals surface area contributed by atoms with Gasteiger partial charge in [0, 0.05) is 12.2 Å². The third kappa shape index (κ3) is 2.16. The van der Waals surface area contributed by atoms with Gasteiger partial charge in [-0.05, 0) is 38.5 Å². The van der Waals surface area contributed by atoms with Crippen LogP contribution in [0.15, 0.2) is 30.9 Å². The van der Waals surface area contributed by atoms with E-state index in [0.29, 0.717) is 6.04 Å². The molecule has 0 unspecified atom stereocenters. The van der Waals surface area contributed by atoms with Crippen LogP contribution in [-0.2, 0) is 0 Å². The van der Waals surface area contributed by atoms with Crippen LogP contribution < -0.4 is 5.32 Å². The van der Waals surface area contributed by atoms with Crippen molar-refractivity contribution < 1.29 is 0 Å². The van der Waals surface area contributed by atoms with Gasteiger partial charge in [-0.3, -0.25) is 4.68 Å². The smallest absolute Gasteiger partial charge is 0.157 e. The zero-order valence-electron chi connectivity index (χ0n) is 11.2. The van der Waals surface area contributed by atoms with Gasteiger partial charge in [0.25, 0.3) is 0 Å². The molecular formula is C13H16N6. The lowest BCUT2D eigenvalue weighted by molar-refractivity contribution is 0.532. The van der Waals surface area contributed by atoms with Crippen molar-refractivity contribution in [3.8, 4) is 0 Å². The Morgan fingerprint density at radius 3 is 2.79 bits per heavy atom. The molecule has 6 heteroatoms. The van der Waals surface area contributed by atoms with Crippen molar-refractivity contribution in [1.29, 1.82) is 0 Å². The molecule has 0 saturated carbocycles. The van der Waals surface area contributed by atoms with Gasteiger partial charge < -0.3 is 5.32 Å². The molecule has 0 aliphatic rings. The highest BCUT2D eigenvalue weighted by Crippen LogP contribution is 2.19. The number of hydrogen-bond donors (Lipinski definition) is 1. The summed E-state index contributed by atoms with van der Waals surface area (Å²) in [4.78, 5) is 4.21. The number of fused-ring (bicyclic) bond motifs is 1. The van der Waals surface area contributed by atoms with Crippen molar-refractivity contribution in [2.45, 2.75) is 26.8 Å². The second kappa shape index (κ2) is 4.38. The van der Waals surface area contributed by atoms with Gasteiger partial charge in [0.2, 0.25) is 0 Å². The molecule has 3 heterocycles. The molecule has 1 N–H and O–H groups in total. The highest BCUT2D eigenvalue weighted by Gasteiger charge is 2.06. The van der Waals surface area contributed by atoms with Gasteiger partial charge in [-0.2, -0.15) is 14.7 Å². The van der Waals surface area contributed by atoms with Gasteiger partial charge >= 0.3 is 0 Å². The Bertz CT molecular complexity index is 709. The standard InChI is InChI=1S/C13H16N6/c1-9(2)18-7-11(6-15-18)17-13-5-10(3)4-12-14-8-16-19(12)13/h4-9,17H,1-3H3. The molecule has 3 rings (SSSR count). The van der Waals surface area contributed by atoms with Crippen molar-refractivity contribution in [2.75, 3.05) is 5.32 Å². The lowest BCUT2D eigenvalue weighted by atomic mass is 10.3. The summed E-state index contributed by atoms with van der Waals surface area (Å²) < 4.78 is 3.69. The fourth-order valence-electron chi connectivity index (χ4n) is 1.98. The topological polar surface area (TPSA) is 60.0 Å². The fraction of sp³-hybridized carbons (Fsp3) is 0.308. The largest absolute Gasteiger partial charge is 0.338 e. The van der Waals surface area contributed by atoms with Crippen LogP contribution in [0.4, 0.5) is 11.5 Å². The summed E-state index contributed by atoms with van der Waals surface area (Å²) in [5.74, 6) is 0.885. The highest BCUT2D eigenvalue weighted by molar-refractivity contribution is 5.59. The Morgan fingerprint density at radius 2 is 2.05 bits per heavy atom. The van der Waals surface area contributed by atoms with Crippen LogP contribution in [0.25, 0.3) is 5.65 Å². The minimum absolute atomic E-state index is 0.347. The van der Waals surface area contributed by atoms with E-state index in [1.807, 2.05) is 36.1 Å². The molecule has 0 saturated heterocycles. The second-order valence-electron chi connectivity index (χ2n) is 4.88. The normalized spacial score (nSPS) is 11.4. The number of aryl methyl sites for hydroxylation is 1.